The number of carbonyl (C=O) groups is 1. The predicted octanol–water partition coefficient (Wildman–Crippen LogP) is 7.20. The molecule has 0 amide bonds. The largest absolute Gasteiger partial charge is 0.462 e. The van der Waals surface area contributed by atoms with Gasteiger partial charge in [-0.3, -0.25) is 4.79 Å². The monoisotopic (exact) mass is 440 g/mol. The van der Waals surface area contributed by atoms with E-state index >= 15 is 0 Å². The summed E-state index contributed by atoms with van der Waals surface area (Å²) in [6.07, 6.45) is 22.6. The molecule has 3 nitrogen and oxygen atoms in total. The van der Waals surface area contributed by atoms with Gasteiger partial charge >= 0.3 is 5.97 Å². The van der Waals surface area contributed by atoms with Crippen LogP contribution in [-0.2, 0) is 9.53 Å². The molecular formula is C29H44O3. The van der Waals surface area contributed by atoms with E-state index in [0.717, 1.165) is 38.5 Å². The van der Waals surface area contributed by atoms with Crippen molar-refractivity contribution in [3.05, 3.63) is 34.9 Å². The van der Waals surface area contributed by atoms with E-state index in [1.54, 1.807) is 11.1 Å². The Morgan fingerprint density at radius 3 is 2.69 bits per heavy atom. The molecule has 4 aliphatic rings. The number of carbonyl (C=O) groups excluding carboxylic acids is 1. The first kappa shape index (κ1) is 23.8. The Hall–Kier alpha value is -1.35. The van der Waals surface area contributed by atoms with E-state index in [1.165, 1.54) is 57.4 Å². The first-order valence-electron chi connectivity index (χ1n) is 13.1. The van der Waals surface area contributed by atoms with Crippen molar-refractivity contribution in [1.29, 1.82) is 0 Å². The van der Waals surface area contributed by atoms with Gasteiger partial charge in [0.25, 0.3) is 0 Å². The molecule has 4 rings (SSSR count). The van der Waals surface area contributed by atoms with Crippen molar-refractivity contribution in [3.63, 3.8) is 0 Å². The average molecular weight is 441 g/mol. The first-order valence-corrected chi connectivity index (χ1v) is 13.1. The molecule has 0 bridgehead atoms. The molecule has 178 valence electrons. The van der Waals surface area contributed by atoms with Crippen LogP contribution in [0, 0.1) is 16.7 Å². The number of rotatable bonds is 7. The lowest BCUT2D eigenvalue weighted by molar-refractivity contribution is -0.147. The van der Waals surface area contributed by atoms with Gasteiger partial charge in [0.05, 0.1) is 5.60 Å². The highest BCUT2D eigenvalue weighted by Crippen LogP contribution is 2.67. The maximum atomic E-state index is 11.3. The van der Waals surface area contributed by atoms with Gasteiger partial charge in [-0.1, -0.05) is 41.9 Å². The minimum atomic E-state index is -0.547. The van der Waals surface area contributed by atoms with Crippen molar-refractivity contribution < 1.29 is 14.6 Å². The maximum Gasteiger partial charge on any atom is 0.302 e. The van der Waals surface area contributed by atoms with E-state index in [-0.39, 0.29) is 12.1 Å². The summed E-state index contributed by atoms with van der Waals surface area (Å²) in [5.74, 6) is 0.501. The fraction of sp³-hybridized carbons (Fsp3) is 0.759. The normalized spacial score (nSPS) is 34.3. The molecule has 1 N–H and O–H groups in total. The fourth-order valence-corrected chi connectivity index (χ4v) is 7.07. The van der Waals surface area contributed by atoms with Crippen molar-refractivity contribution in [2.45, 2.75) is 123 Å². The molecule has 3 atom stereocenters. The van der Waals surface area contributed by atoms with Crippen molar-refractivity contribution in [2.24, 2.45) is 16.7 Å². The number of fused-ring (bicyclic) bond motifs is 1. The average Bonchev–Trinajstić information content (AvgIpc) is 3.38. The molecule has 0 aromatic rings. The molecule has 0 aliphatic heterocycles. The van der Waals surface area contributed by atoms with Gasteiger partial charge in [-0.05, 0) is 108 Å². The van der Waals surface area contributed by atoms with Crippen LogP contribution in [-0.4, -0.2) is 22.8 Å². The third-order valence-electron chi connectivity index (χ3n) is 8.80. The molecule has 1 unspecified atom stereocenters. The van der Waals surface area contributed by atoms with E-state index in [4.69, 9.17) is 4.74 Å². The lowest BCUT2D eigenvalue weighted by Gasteiger charge is -2.43. The zero-order valence-electron chi connectivity index (χ0n) is 20.8. The van der Waals surface area contributed by atoms with Crippen LogP contribution >= 0.6 is 0 Å². The van der Waals surface area contributed by atoms with Crippen molar-refractivity contribution in [1.82, 2.24) is 0 Å². The fourth-order valence-electron chi connectivity index (χ4n) is 7.07. The summed E-state index contributed by atoms with van der Waals surface area (Å²) in [4.78, 5) is 11.3. The molecule has 0 heterocycles. The van der Waals surface area contributed by atoms with Crippen LogP contribution in [0.1, 0.15) is 111 Å². The number of hydrogen-bond acceptors (Lipinski definition) is 3. The third kappa shape index (κ3) is 5.24. The van der Waals surface area contributed by atoms with Crippen LogP contribution in [0.3, 0.4) is 0 Å². The number of esters is 1. The van der Waals surface area contributed by atoms with Gasteiger partial charge in [0.1, 0.15) is 6.10 Å². The lowest BCUT2D eigenvalue weighted by Crippen LogP contribution is -2.33. The highest BCUT2D eigenvalue weighted by molar-refractivity contribution is 5.66. The molecule has 4 aliphatic carbocycles. The quantitative estimate of drug-likeness (QED) is 0.336. The van der Waals surface area contributed by atoms with Gasteiger partial charge in [0.15, 0.2) is 0 Å². The Bertz CT molecular complexity index is 805. The minimum absolute atomic E-state index is 0.0703. The number of ether oxygens (including phenoxy) is 1. The highest BCUT2D eigenvalue weighted by atomic mass is 16.5. The van der Waals surface area contributed by atoms with Crippen LogP contribution in [0.2, 0.25) is 0 Å². The van der Waals surface area contributed by atoms with Crippen LogP contribution in [0.15, 0.2) is 34.9 Å². The van der Waals surface area contributed by atoms with Gasteiger partial charge in [-0.25, -0.2) is 0 Å². The minimum Gasteiger partial charge on any atom is -0.462 e. The van der Waals surface area contributed by atoms with E-state index in [0.29, 0.717) is 16.7 Å². The summed E-state index contributed by atoms with van der Waals surface area (Å²) in [6.45, 7) is 7.94. The lowest BCUT2D eigenvalue weighted by atomic mass is 9.61. The van der Waals surface area contributed by atoms with Gasteiger partial charge in [0.2, 0.25) is 0 Å². The molecule has 3 heteroatoms. The molecular weight excluding hydrogens is 396 g/mol. The number of allylic oxidation sites excluding steroid dienone is 5. The predicted molar refractivity (Wildman–Crippen MR) is 130 cm³/mol. The second-order valence-corrected chi connectivity index (χ2v) is 12.0. The second-order valence-electron chi connectivity index (χ2n) is 12.0. The van der Waals surface area contributed by atoms with Crippen LogP contribution < -0.4 is 0 Å². The summed E-state index contributed by atoms with van der Waals surface area (Å²) in [5, 5.41) is 10.1. The molecule has 3 fully saturated rings. The van der Waals surface area contributed by atoms with Crippen molar-refractivity contribution in [2.75, 3.05) is 0 Å². The SMILES string of the molecule is CC(=O)O[C@H]1CCC/C(=C/C=C2\CCC[C@]3(C)C(C4(CCCC(C)(C)O)CC4)=CCC23)C1. The van der Waals surface area contributed by atoms with Crippen molar-refractivity contribution in [3.8, 4) is 0 Å². The Labute approximate surface area is 195 Å². The van der Waals surface area contributed by atoms with E-state index in [1.807, 2.05) is 13.8 Å². The standard InChI is InChI=1S/C29H44O3/c1-21(30)32-24-10-5-8-22(20-24)11-12-23-9-6-16-28(4)25(23)13-14-26(28)29(18-19-29)17-7-15-27(2,3)31/h11-12,14,24-25,31H,5-10,13,15-20H2,1-4H3/b22-11-,23-12+/t24-,25?,28-/m0/s1. The number of hydrogen-bond donors (Lipinski definition) is 1. The van der Waals surface area contributed by atoms with E-state index in [2.05, 4.69) is 25.2 Å². The van der Waals surface area contributed by atoms with Crippen LogP contribution in [0.5, 0.6) is 0 Å². The smallest absolute Gasteiger partial charge is 0.302 e. The molecule has 0 aromatic heterocycles. The molecule has 0 spiro atoms. The van der Waals surface area contributed by atoms with E-state index in [9.17, 15) is 9.90 Å². The summed E-state index contributed by atoms with van der Waals surface area (Å²) in [7, 11) is 0. The molecule has 0 radical (unpaired) electrons. The summed E-state index contributed by atoms with van der Waals surface area (Å²) < 4.78 is 5.49. The Kier molecular flexibility index (Phi) is 6.78. The molecule has 32 heavy (non-hydrogen) atoms. The maximum absolute atomic E-state index is 11.3. The summed E-state index contributed by atoms with van der Waals surface area (Å²) in [6, 6.07) is 0. The van der Waals surface area contributed by atoms with E-state index < -0.39 is 5.60 Å². The Balaban J connectivity index is 1.44. The van der Waals surface area contributed by atoms with Gasteiger partial charge in [0, 0.05) is 13.3 Å². The van der Waals surface area contributed by atoms with Gasteiger partial charge < -0.3 is 9.84 Å². The second kappa shape index (κ2) is 9.12. The molecule has 0 saturated heterocycles. The number of aliphatic hydroxyl groups is 1. The zero-order chi connectivity index (χ0) is 23.0. The van der Waals surface area contributed by atoms with Crippen LogP contribution in [0.25, 0.3) is 0 Å². The zero-order valence-corrected chi connectivity index (χ0v) is 20.8. The highest BCUT2D eigenvalue weighted by Gasteiger charge is 2.56. The Morgan fingerprint density at radius 1 is 1.22 bits per heavy atom. The van der Waals surface area contributed by atoms with Gasteiger partial charge in [-0.15, -0.1) is 0 Å². The van der Waals surface area contributed by atoms with Crippen LogP contribution in [0.4, 0.5) is 0 Å². The van der Waals surface area contributed by atoms with Crippen molar-refractivity contribution >= 4 is 5.97 Å². The summed E-state index contributed by atoms with van der Waals surface area (Å²) >= 11 is 0. The molecule has 3 saturated carbocycles. The molecule has 0 aromatic carbocycles. The topological polar surface area (TPSA) is 46.5 Å². The Morgan fingerprint density at radius 2 is 2.00 bits per heavy atom. The van der Waals surface area contributed by atoms with Gasteiger partial charge in [-0.2, -0.15) is 0 Å². The first-order chi connectivity index (χ1) is 15.1. The third-order valence-corrected chi connectivity index (χ3v) is 8.80. The summed E-state index contributed by atoms with van der Waals surface area (Å²) in [5.41, 5.74) is 5.04.